The Bertz CT molecular complexity index is 1180. The molecule has 0 saturated heterocycles. The first-order valence-corrected chi connectivity index (χ1v) is 12.0. The molecule has 3 rings (SSSR count). The summed E-state index contributed by atoms with van der Waals surface area (Å²) in [5, 5.41) is 12.2. The lowest BCUT2D eigenvalue weighted by molar-refractivity contribution is 0.0697. The van der Waals surface area contributed by atoms with Gasteiger partial charge in [0.25, 0.3) is 5.91 Å². The number of hydrogen-bond donors (Lipinski definition) is 2. The summed E-state index contributed by atoms with van der Waals surface area (Å²) in [4.78, 5) is 24.4. The van der Waals surface area contributed by atoms with Gasteiger partial charge in [-0.15, -0.1) is 0 Å². The van der Waals surface area contributed by atoms with Crippen molar-refractivity contribution in [2.45, 2.75) is 13.8 Å². The molecule has 1 heterocycles. The first-order valence-electron chi connectivity index (χ1n) is 9.71. The lowest BCUT2D eigenvalue weighted by atomic mass is 10.0. The summed E-state index contributed by atoms with van der Waals surface area (Å²) >= 11 is 3.34. The van der Waals surface area contributed by atoms with E-state index in [2.05, 4.69) is 21.2 Å². The predicted octanol–water partition coefficient (Wildman–Crippen LogP) is 5.55. The number of carboxylic acid groups (broad SMARTS) is 1. The van der Waals surface area contributed by atoms with Gasteiger partial charge in [0.2, 0.25) is 5.50 Å². The molecule has 8 nitrogen and oxygen atoms in total. The van der Waals surface area contributed by atoms with Crippen LogP contribution < -0.4 is 10.8 Å². The van der Waals surface area contributed by atoms with Crippen molar-refractivity contribution in [2.75, 3.05) is 18.5 Å². The van der Waals surface area contributed by atoms with Gasteiger partial charge in [0.15, 0.2) is 0 Å². The summed E-state index contributed by atoms with van der Waals surface area (Å²) in [7, 11) is -3.65. The van der Waals surface area contributed by atoms with E-state index >= 15 is 0 Å². The molecular formula is C22H21BrNO7P. The molecular weight excluding hydrogens is 501 g/mol. The fourth-order valence-corrected chi connectivity index (χ4v) is 4.80. The van der Waals surface area contributed by atoms with E-state index in [0.29, 0.717) is 11.3 Å². The molecule has 0 aliphatic rings. The zero-order valence-electron chi connectivity index (χ0n) is 17.3. The molecule has 1 aromatic heterocycles. The van der Waals surface area contributed by atoms with E-state index < -0.39 is 19.5 Å². The van der Waals surface area contributed by atoms with Crippen molar-refractivity contribution in [1.82, 2.24) is 0 Å². The van der Waals surface area contributed by atoms with E-state index in [0.717, 1.165) is 4.47 Å². The minimum absolute atomic E-state index is 0.00272. The second-order valence-corrected chi connectivity index (χ2v) is 9.41. The Morgan fingerprint density at radius 2 is 1.72 bits per heavy atom. The minimum Gasteiger partial charge on any atom is -0.478 e. The first kappa shape index (κ1) is 23.9. The molecule has 0 saturated carbocycles. The standard InChI is InChI=1S/C22H21BrNO7P/c1-3-29-32(28,30-4-2)20-9-8-19(31-20)14-10-15(12-16(11-14)22(26)27)21(25)24-18-7-5-6-17(23)13-18/h5-13H,3-4H2,1-2H3,(H,24,25)(H,26,27). The fraction of sp³-hybridized carbons (Fsp3) is 0.182. The van der Waals surface area contributed by atoms with Gasteiger partial charge >= 0.3 is 13.6 Å². The number of halogens is 1. The van der Waals surface area contributed by atoms with Gasteiger partial charge < -0.3 is 23.9 Å². The van der Waals surface area contributed by atoms with Crippen LogP contribution in [0.25, 0.3) is 11.3 Å². The van der Waals surface area contributed by atoms with Crippen LogP contribution in [0.2, 0.25) is 0 Å². The quantitative estimate of drug-likeness (QED) is 0.354. The van der Waals surface area contributed by atoms with Crippen molar-refractivity contribution in [1.29, 1.82) is 0 Å². The maximum atomic E-state index is 12.9. The Balaban J connectivity index is 1.98. The lowest BCUT2D eigenvalue weighted by Gasteiger charge is -2.14. The topological polar surface area (TPSA) is 115 Å². The maximum Gasteiger partial charge on any atom is 0.396 e. The molecule has 0 unspecified atom stereocenters. The van der Waals surface area contributed by atoms with Crippen LogP contribution in [0.5, 0.6) is 0 Å². The van der Waals surface area contributed by atoms with Gasteiger partial charge in [-0.3, -0.25) is 9.36 Å². The van der Waals surface area contributed by atoms with Crippen LogP contribution in [0.4, 0.5) is 5.69 Å². The van der Waals surface area contributed by atoms with Gasteiger partial charge in [-0.05, 0) is 62.4 Å². The number of aromatic carboxylic acids is 1. The minimum atomic E-state index is -3.65. The van der Waals surface area contributed by atoms with Crippen LogP contribution in [0.3, 0.4) is 0 Å². The van der Waals surface area contributed by atoms with Gasteiger partial charge in [0.05, 0.1) is 18.8 Å². The molecule has 0 fully saturated rings. The van der Waals surface area contributed by atoms with Crippen LogP contribution in [0.1, 0.15) is 34.6 Å². The molecule has 0 radical (unpaired) electrons. The highest BCUT2D eigenvalue weighted by Gasteiger charge is 2.31. The average molecular weight is 522 g/mol. The summed E-state index contributed by atoms with van der Waals surface area (Å²) in [5.74, 6) is -1.47. The molecule has 10 heteroatoms. The second-order valence-electron chi connectivity index (χ2n) is 6.54. The second kappa shape index (κ2) is 10.3. The van der Waals surface area contributed by atoms with Gasteiger partial charge in [-0.25, -0.2) is 4.79 Å². The third kappa shape index (κ3) is 5.55. The lowest BCUT2D eigenvalue weighted by Crippen LogP contribution is -2.13. The van der Waals surface area contributed by atoms with Crippen LogP contribution in [-0.4, -0.2) is 30.2 Å². The van der Waals surface area contributed by atoms with E-state index in [1.165, 1.54) is 30.3 Å². The van der Waals surface area contributed by atoms with E-state index in [1.54, 1.807) is 32.0 Å². The average Bonchev–Trinajstić information content (AvgIpc) is 3.25. The molecule has 0 aliphatic carbocycles. The largest absolute Gasteiger partial charge is 0.478 e. The Kier molecular flexibility index (Phi) is 7.69. The van der Waals surface area contributed by atoms with E-state index in [4.69, 9.17) is 13.5 Å². The highest BCUT2D eigenvalue weighted by molar-refractivity contribution is 9.10. The van der Waals surface area contributed by atoms with Gasteiger partial charge in [0, 0.05) is 21.3 Å². The zero-order chi connectivity index (χ0) is 23.3. The van der Waals surface area contributed by atoms with E-state index in [-0.39, 0.29) is 35.6 Å². The molecule has 2 aromatic carbocycles. The number of carbonyl (C=O) groups is 2. The summed E-state index contributed by atoms with van der Waals surface area (Å²) in [6.07, 6.45) is 0. The third-order valence-corrected chi connectivity index (χ3v) is 6.74. The zero-order valence-corrected chi connectivity index (χ0v) is 19.8. The monoisotopic (exact) mass is 521 g/mol. The normalized spacial score (nSPS) is 11.3. The Hall–Kier alpha value is -2.71. The van der Waals surface area contributed by atoms with E-state index in [1.807, 2.05) is 6.07 Å². The Morgan fingerprint density at radius 3 is 2.34 bits per heavy atom. The highest BCUT2D eigenvalue weighted by atomic mass is 79.9. The number of anilines is 1. The van der Waals surface area contributed by atoms with Gasteiger partial charge in [0.1, 0.15) is 5.76 Å². The molecule has 3 aromatic rings. The maximum absolute atomic E-state index is 12.9. The molecule has 1 amide bonds. The van der Waals surface area contributed by atoms with Crippen molar-refractivity contribution < 1.29 is 32.7 Å². The molecule has 2 N–H and O–H groups in total. The number of rotatable bonds is 9. The molecule has 0 atom stereocenters. The molecule has 32 heavy (non-hydrogen) atoms. The number of carboxylic acids is 1. The van der Waals surface area contributed by atoms with Crippen molar-refractivity contribution in [3.05, 3.63) is 70.2 Å². The van der Waals surface area contributed by atoms with Crippen molar-refractivity contribution >= 4 is 46.6 Å². The summed E-state index contributed by atoms with van der Waals surface area (Å²) in [5.41, 5.74) is 0.890. The van der Waals surface area contributed by atoms with Crippen LogP contribution in [0.15, 0.2) is 63.5 Å². The van der Waals surface area contributed by atoms with Crippen molar-refractivity contribution in [3.63, 3.8) is 0 Å². The SMILES string of the molecule is CCOP(=O)(OCC)c1ccc(-c2cc(C(=O)O)cc(C(=O)Nc3cccc(Br)c3)c2)o1. The first-order chi connectivity index (χ1) is 15.3. The summed E-state index contributed by atoms with van der Waals surface area (Å²) in [6.45, 7) is 3.67. The Labute approximate surface area is 193 Å². The van der Waals surface area contributed by atoms with Crippen LogP contribution in [0, 0.1) is 0 Å². The van der Waals surface area contributed by atoms with Gasteiger partial charge in [-0.2, -0.15) is 0 Å². The highest BCUT2D eigenvalue weighted by Crippen LogP contribution is 2.47. The van der Waals surface area contributed by atoms with E-state index in [9.17, 15) is 19.3 Å². The summed E-state index contributed by atoms with van der Waals surface area (Å²) < 4.78 is 30.0. The molecule has 0 spiro atoms. The molecule has 168 valence electrons. The summed E-state index contributed by atoms with van der Waals surface area (Å²) in [6, 6.07) is 14.1. The number of amides is 1. The Morgan fingerprint density at radius 1 is 1.03 bits per heavy atom. The number of hydrogen-bond acceptors (Lipinski definition) is 6. The van der Waals surface area contributed by atoms with Crippen LogP contribution in [-0.2, 0) is 13.6 Å². The molecule has 0 aliphatic heterocycles. The number of benzene rings is 2. The third-order valence-electron chi connectivity index (χ3n) is 4.27. The molecule has 0 bridgehead atoms. The van der Waals surface area contributed by atoms with Crippen molar-refractivity contribution in [3.8, 4) is 11.3 Å². The fourth-order valence-electron chi connectivity index (χ4n) is 2.93. The van der Waals surface area contributed by atoms with Crippen molar-refractivity contribution in [2.24, 2.45) is 0 Å². The number of nitrogens with one attached hydrogen (secondary N) is 1. The predicted molar refractivity (Wildman–Crippen MR) is 124 cm³/mol. The van der Waals surface area contributed by atoms with Gasteiger partial charge in [-0.1, -0.05) is 22.0 Å². The number of furan rings is 1. The number of carbonyl (C=O) groups excluding carboxylic acids is 1. The van der Waals surface area contributed by atoms with Crippen LogP contribution >= 0.6 is 23.5 Å². The smallest absolute Gasteiger partial charge is 0.396 e.